The van der Waals surface area contributed by atoms with Crippen LogP contribution in [0.5, 0.6) is 0 Å². The molecule has 0 unspecified atom stereocenters. The van der Waals surface area contributed by atoms with Crippen molar-refractivity contribution in [1.82, 2.24) is 5.32 Å². The number of Topliss-reactive ketones (excluding diaryl/α,β-unsaturated/α-hetero) is 1. The number of hydrogen-bond donors (Lipinski definition) is 1. The molecule has 0 aromatic carbocycles. The van der Waals surface area contributed by atoms with Crippen LogP contribution in [-0.2, 0) is 9.53 Å². The molecule has 0 fully saturated rings. The molecule has 1 rings (SSSR count). The molecule has 0 heterocycles. The molecule has 0 saturated carbocycles. The highest BCUT2D eigenvalue weighted by atomic mass is 16.6. The molecular weight excluding hydrogens is 290 g/mol. The van der Waals surface area contributed by atoms with Gasteiger partial charge >= 0.3 is 6.09 Å². The van der Waals surface area contributed by atoms with Gasteiger partial charge in [-0.3, -0.25) is 4.79 Å². The van der Waals surface area contributed by atoms with Gasteiger partial charge in [-0.25, -0.2) is 4.79 Å². The van der Waals surface area contributed by atoms with E-state index in [0.29, 0.717) is 12.2 Å². The molecule has 4 heteroatoms. The van der Waals surface area contributed by atoms with Crippen LogP contribution in [0.3, 0.4) is 0 Å². The minimum absolute atomic E-state index is 0.216. The predicted molar refractivity (Wildman–Crippen MR) is 93.3 cm³/mol. The average Bonchev–Trinajstić information content (AvgIpc) is 2.31. The summed E-state index contributed by atoms with van der Waals surface area (Å²) in [4.78, 5) is 24.6. The van der Waals surface area contributed by atoms with Gasteiger partial charge in [0.15, 0.2) is 0 Å². The zero-order chi connectivity index (χ0) is 17.9. The van der Waals surface area contributed by atoms with Crippen LogP contribution in [0.25, 0.3) is 0 Å². The van der Waals surface area contributed by atoms with E-state index in [4.69, 9.17) is 4.74 Å². The molecule has 4 nitrogen and oxygen atoms in total. The first-order valence-corrected chi connectivity index (χ1v) is 8.54. The van der Waals surface area contributed by atoms with Crippen molar-refractivity contribution in [3.8, 4) is 0 Å². The number of ether oxygens (including phenoxy) is 1. The standard InChI is InChI=1S/C19H33NO3/c1-17(2,3)15(21)19(7)12-8-10-14(11-9-13-19)23-16(22)20-18(4,5)6/h8,10,14H,9,11-13H2,1-7H3,(H,20,22)/b10-8+/t14-,19+/m1/s1. The Morgan fingerprint density at radius 1 is 1.17 bits per heavy atom. The number of carbonyl (C=O) groups excluding carboxylic acids is 2. The van der Waals surface area contributed by atoms with E-state index in [1.54, 1.807) is 0 Å². The van der Waals surface area contributed by atoms with Crippen molar-refractivity contribution in [3.63, 3.8) is 0 Å². The third-order valence-electron chi connectivity index (χ3n) is 4.10. The lowest BCUT2D eigenvalue weighted by Crippen LogP contribution is -2.42. The highest BCUT2D eigenvalue weighted by Gasteiger charge is 2.39. The molecule has 1 aliphatic carbocycles. The first-order valence-electron chi connectivity index (χ1n) is 8.54. The summed E-state index contributed by atoms with van der Waals surface area (Å²) in [6.07, 6.45) is 6.47. The lowest BCUT2D eigenvalue weighted by Gasteiger charge is -2.35. The molecule has 0 aliphatic heterocycles. The SMILES string of the molecule is CC(C)(C)NC(=O)O[C@@H]1/C=C/C[C@](C)(C(=O)C(C)(C)C)CCC1. The molecule has 0 radical (unpaired) electrons. The molecule has 0 aromatic rings. The molecule has 0 aromatic heterocycles. The molecule has 23 heavy (non-hydrogen) atoms. The quantitative estimate of drug-likeness (QED) is 0.754. The number of hydrogen-bond acceptors (Lipinski definition) is 3. The van der Waals surface area contributed by atoms with Crippen molar-refractivity contribution in [1.29, 1.82) is 0 Å². The third kappa shape index (κ3) is 6.36. The van der Waals surface area contributed by atoms with Crippen LogP contribution < -0.4 is 5.32 Å². The van der Waals surface area contributed by atoms with E-state index in [0.717, 1.165) is 19.3 Å². The van der Waals surface area contributed by atoms with Crippen LogP contribution in [-0.4, -0.2) is 23.5 Å². The Labute approximate surface area is 141 Å². The van der Waals surface area contributed by atoms with Crippen molar-refractivity contribution in [2.75, 3.05) is 0 Å². The van der Waals surface area contributed by atoms with E-state index >= 15 is 0 Å². The summed E-state index contributed by atoms with van der Waals surface area (Å²) in [5.74, 6) is 0.305. The van der Waals surface area contributed by atoms with Crippen LogP contribution in [0.4, 0.5) is 4.79 Å². The number of carbonyl (C=O) groups is 2. The van der Waals surface area contributed by atoms with Gasteiger partial charge in [-0.15, -0.1) is 0 Å². The molecule has 1 N–H and O–H groups in total. The van der Waals surface area contributed by atoms with Crippen LogP contribution in [0, 0.1) is 10.8 Å². The Bertz CT molecular complexity index is 468. The van der Waals surface area contributed by atoms with Gasteiger partial charge < -0.3 is 10.1 Å². The highest BCUT2D eigenvalue weighted by molar-refractivity contribution is 5.89. The summed E-state index contributed by atoms with van der Waals surface area (Å²) in [6, 6.07) is 0. The maximum absolute atomic E-state index is 12.7. The van der Waals surface area contributed by atoms with E-state index in [2.05, 4.69) is 12.2 Å². The van der Waals surface area contributed by atoms with Crippen molar-refractivity contribution in [3.05, 3.63) is 12.2 Å². The molecule has 1 amide bonds. The summed E-state index contributed by atoms with van der Waals surface area (Å²) in [7, 11) is 0. The third-order valence-corrected chi connectivity index (χ3v) is 4.10. The summed E-state index contributed by atoms with van der Waals surface area (Å²) in [5, 5.41) is 2.81. The smallest absolute Gasteiger partial charge is 0.408 e. The minimum atomic E-state index is -0.388. The fraction of sp³-hybridized carbons (Fsp3) is 0.789. The van der Waals surface area contributed by atoms with Gasteiger partial charge in [-0.05, 0) is 52.5 Å². The summed E-state index contributed by atoms with van der Waals surface area (Å²) in [6.45, 7) is 13.8. The summed E-state index contributed by atoms with van der Waals surface area (Å²) >= 11 is 0. The van der Waals surface area contributed by atoms with E-state index in [1.165, 1.54) is 0 Å². The van der Waals surface area contributed by atoms with Crippen LogP contribution in [0.2, 0.25) is 0 Å². The second-order valence-electron chi connectivity index (χ2n) is 8.98. The summed E-state index contributed by atoms with van der Waals surface area (Å²) < 4.78 is 5.48. The van der Waals surface area contributed by atoms with Gasteiger partial charge in [-0.2, -0.15) is 0 Å². The number of nitrogens with one attached hydrogen (secondary N) is 1. The Kier molecular flexibility index (Phi) is 6.06. The molecule has 0 saturated heterocycles. The Morgan fingerprint density at radius 3 is 2.30 bits per heavy atom. The Morgan fingerprint density at radius 2 is 1.78 bits per heavy atom. The maximum Gasteiger partial charge on any atom is 0.408 e. The average molecular weight is 323 g/mol. The van der Waals surface area contributed by atoms with Gasteiger partial charge in [0.25, 0.3) is 0 Å². The van der Waals surface area contributed by atoms with Crippen molar-refractivity contribution in [2.24, 2.45) is 10.8 Å². The monoisotopic (exact) mass is 323 g/mol. The van der Waals surface area contributed by atoms with Gasteiger partial charge in [0.2, 0.25) is 0 Å². The van der Waals surface area contributed by atoms with E-state index in [1.807, 2.05) is 53.7 Å². The fourth-order valence-electron chi connectivity index (χ4n) is 3.05. The molecule has 132 valence electrons. The number of alkyl carbamates (subject to hydrolysis) is 1. The first-order chi connectivity index (χ1) is 10.3. The largest absolute Gasteiger partial charge is 0.442 e. The number of amides is 1. The van der Waals surface area contributed by atoms with Gasteiger partial charge in [-0.1, -0.05) is 33.8 Å². The second kappa shape index (κ2) is 7.06. The van der Waals surface area contributed by atoms with Gasteiger partial charge in [0, 0.05) is 16.4 Å². The van der Waals surface area contributed by atoms with Crippen molar-refractivity contribution in [2.45, 2.75) is 85.8 Å². The normalized spacial score (nSPS) is 27.5. The number of allylic oxidation sites excluding steroid dienone is 1. The van der Waals surface area contributed by atoms with Crippen LogP contribution in [0.15, 0.2) is 12.2 Å². The molecule has 0 bridgehead atoms. The van der Waals surface area contributed by atoms with Gasteiger partial charge in [0.1, 0.15) is 11.9 Å². The summed E-state index contributed by atoms with van der Waals surface area (Å²) in [5.41, 5.74) is -0.961. The Balaban J connectivity index is 2.69. The molecule has 1 aliphatic rings. The van der Waals surface area contributed by atoms with Crippen molar-refractivity contribution < 1.29 is 14.3 Å². The van der Waals surface area contributed by atoms with E-state index < -0.39 is 0 Å². The van der Waals surface area contributed by atoms with E-state index in [9.17, 15) is 9.59 Å². The topological polar surface area (TPSA) is 55.4 Å². The lowest BCUT2D eigenvalue weighted by molar-refractivity contribution is -0.136. The zero-order valence-corrected chi connectivity index (χ0v) is 15.8. The van der Waals surface area contributed by atoms with Crippen molar-refractivity contribution >= 4 is 11.9 Å². The lowest BCUT2D eigenvalue weighted by atomic mass is 9.68. The van der Waals surface area contributed by atoms with Crippen LogP contribution in [0.1, 0.15) is 74.1 Å². The van der Waals surface area contributed by atoms with E-state index in [-0.39, 0.29) is 28.6 Å². The predicted octanol–water partition coefficient (Wildman–Crippen LogP) is 4.63. The fourth-order valence-corrected chi connectivity index (χ4v) is 3.05. The molecule has 2 atom stereocenters. The molecule has 0 spiro atoms. The Hall–Kier alpha value is -1.32. The van der Waals surface area contributed by atoms with Crippen LogP contribution >= 0.6 is 0 Å². The number of rotatable bonds is 2. The minimum Gasteiger partial charge on any atom is -0.442 e. The first kappa shape index (κ1) is 19.7. The zero-order valence-electron chi connectivity index (χ0n) is 15.8. The molecular formula is C19H33NO3. The maximum atomic E-state index is 12.7. The second-order valence-corrected chi connectivity index (χ2v) is 8.98. The number of ketones is 1. The highest BCUT2D eigenvalue weighted by Crippen LogP contribution is 2.38. The van der Waals surface area contributed by atoms with Gasteiger partial charge in [0.05, 0.1) is 0 Å².